The van der Waals surface area contributed by atoms with E-state index in [1.54, 1.807) is 11.8 Å². The van der Waals surface area contributed by atoms with E-state index in [0.717, 1.165) is 11.3 Å². The first-order valence-electron chi connectivity index (χ1n) is 9.12. The number of aliphatic hydroxyl groups excluding tert-OH is 2. The van der Waals surface area contributed by atoms with Crippen LogP contribution in [0.4, 0.5) is 5.69 Å². The molecule has 0 radical (unpaired) electrons. The van der Waals surface area contributed by atoms with Crippen LogP contribution in [0.3, 0.4) is 0 Å². The number of fused-ring (bicyclic) bond motifs is 1. The summed E-state index contributed by atoms with van der Waals surface area (Å²) in [6, 6.07) is 9.91. The minimum absolute atomic E-state index is 0.198. The quantitative estimate of drug-likeness (QED) is 0.473. The van der Waals surface area contributed by atoms with Gasteiger partial charge in [-0.05, 0) is 11.8 Å². The van der Waals surface area contributed by atoms with Crippen LogP contribution in [-0.4, -0.2) is 62.6 Å². The van der Waals surface area contributed by atoms with Crippen LogP contribution in [0.15, 0.2) is 42.9 Å². The molecule has 0 saturated carbocycles. The predicted octanol–water partition coefficient (Wildman–Crippen LogP) is 2.78. The average molecular weight is 437 g/mol. The Kier molecular flexibility index (Phi) is 7.37. The Balaban J connectivity index is 1.93. The van der Waals surface area contributed by atoms with E-state index in [-0.39, 0.29) is 19.9 Å². The Morgan fingerprint density at radius 2 is 1.93 bits per heavy atom. The highest BCUT2D eigenvalue weighted by molar-refractivity contribution is 7.98. The normalized spacial score (nSPS) is 11.9. The highest BCUT2D eigenvalue weighted by Crippen LogP contribution is 2.34. The first-order chi connectivity index (χ1) is 14.1. The number of rotatable bonds is 10. The van der Waals surface area contributed by atoms with Crippen molar-refractivity contribution in [1.82, 2.24) is 14.5 Å². The Morgan fingerprint density at radius 1 is 1.21 bits per heavy atom. The average Bonchev–Trinajstić information content (AvgIpc) is 3.12. The molecular formula is C20H25ClN4O3S. The highest BCUT2D eigenvalue weighted by Gasteiger charge is 2.35. The summed E-state index contributed by atoms with van der Waals surface area (Å²) >= 11 is 7.93. The molecule has 0 amide bonds. The number of hydrogen-bond donors (Lipinski definition) is 2. The molecule has 0 bridgehead atoms. The summed E-state index contributed by atoms with van der Waals surface area (Å²) in [4.78, 5) is 10.4. The van der Waals surface area contributed by atoms with Gasteiger partial charge in [0, 0.05) is 19.0 Å². The second kappa shape index (κ2) is 9.77. The maximum atomic E-state index is 10.0. The molecular weight excluding hydrogens is 412 g/mol. The van der Waals surface area contributed by atoms with E-state index in [1.165, 1.54) is 6.33 Å². The summed E-state index contributed by atoms with van der Waals surface area (Å²) in [5, 5.41) is 20.4. The third-order valence-corrected chi connectivity index (χ3v) is 6.10. The van der Waals surface area contributed by atoms with Gasteiger partial charge in [0.25, 0.3) is 0 Å². The van der Waals surface area contributed by atoms with Crippen LogP contribution in [0.2, 0.25) is 5.15 Å². The summed E-state index contributed by atoms with van der Waals surface area (Å²) < 4.78 is 7.73. The van der Waals surface area contributed by atoms with Crippen molar-refractivity contribution in [2.45, 2.75) is 18.9 Å². The molecule has 0 unspecified atom stereocenters. The minimum Gasteiger partial charge on any atom is -0.394 e. The molecule has 3 rings (SSSR count). The van der Waals surface area contributed by atoms with Crippen molar-refractivity contribution in [3.63, 3.8) is 0 Å². The molecule has 0 atom stereocenters. The molecule has 1 aromatic carbocycles. The number of likely N-dealkylation sites (N-methyl/N-ethyl adjacent to an activating group) is 1. The number of hydrogen-bond acceptors (Lipinski definition) is 7. The second-order valence-electron chi connectivity index (χ2n) is 6.84. The van der Waals surface area contributed by atoms with Gasteiger partial charge in [-0.2, -0.15) is 11.8 Å². The summed E-state index contributed by atoms with van der Waals surface area (Å²) in [6.07, 6.45) is 5.22. The van der Waals surface area contributed by atoms with Gasteiger partial charge in [-0.25, -0.2) is 9.97 Å². The Hall–Kier alpha value is -1.84. The molecule has 2 aromatic heterocycles. The van der Waals surface area contributed by atoms with Gasteiger partial charge in [0.2, 0.25) is 0 Å². The van der Waals surface area contributed by atoms with E-state index < -0.39 is 5.54 Å². The van der Waals surface area contributed by atoms with Crippen molar-refractivity contribution in [2.75, 3.05) is 37.2 Å². The first-order valence-corrected chi connectivity index (χ1v) is 10.9. The molecule has 29 heavy (non-hydrogen) atoms. The lowest BCUT2D eigenvalue weighted by atomic mass is 10.0. The molecule has 156 valence electrons. The molecule has 3 aromatic rings. The van der Waals surface area contributed by atoms with Crippen LogP contribution < -0.4 is 4.90 Å². The van der Waals surface area contributed by atoms with E-state index in [2.05, 4.69) is 9.97 Å². The lowest BCUT2D eigenvalue weighted by Crippen LogP contribution is -2.55. The summed E-state index contributed by atoms with van der Waals surface area (Å²) in [6.45, 7) is 0.328. The fraction of sp³-hybridized carbons (Fsp3) is 0.400. The van der Waals surface area contributed by atoms with Crippen molar-refractivity contribution >= 4 is 40.1 Å². The fourth-order valence-corrected chi connectivity index (χ4v) is 4.39. The van der Waals surface area contributed by atoms with Crippen molar-refractivity contribution < 1.29 is 14.9 Å². The number of aliphatic hydroxyl groups is 2. The van der Waals surface area contributed by atoms with Crippen LogP contribution >= 0.6 is 23.4 Å². The monoisotopic (exact) mass is 436 g/mol. The number of ether oxygens (including phenoxy) is 1. The number of anilines is 1. The van der Waals surface area contributed by atoms with Gasteiger partial charge in [0.15, 0.2) is 5.15 Å². The van der Waals surface area contributed by atoms with E-state index in [0.29, 0.717) is 28.5 Å². The minimum atomic E-state index is -0.832. The van der Waals surface area contributed by atoms with Crippen LogP contribution in [0.5, 0.6) is 0 Å². The van der Waals surface area contributed by atoms with E-state index in [1.807, 2.05) is 59.3 Å². The largest absolute Gasteiger partial charge is 0.394 e. The third kappa shape index (κ3) is 4.51. The molecule has 2 heterocycles. The lowest BCUT2D eigenvalue weighted by molar-refractivity contribution is 0.0667. The number of halogens is 1. The van der Waals surface area contributed by atoms with Gasteiger partial charge < -0.3 is 24.4 Å². The number of thioether (sulfide) groups is 1. The number of aromatic nitrogens is 3. The molecule has 0 aliphatic rings. The van der Waals surface area contributed by atoms with Crippen molar-refractivity contribution in [1.29, 1.82) is 0 Å². The number of benzene rings is 1. The maximum Gasteiger partial charge on any atom is 0.156 e. The number of nitrogens with zero attached hydrogens (tertiary/aromatic N) is 4. The van der Waals surface area contributed by atoms with Gasteiger partial charge in [-0.3, -0.25) is 0 Å². The zero-order valence-corrected chi connectivity index (χ0v) is 18.0. The molecule has 9 heteroatoms. The van der Waals surface area contributed by atoms with Gasteiger partial charge >= 0.3 is 0 Å². The fourth-order valence-electron chi connectivity index (χ4n) is 3.23. The zero-order valence-electron chi connectivity index (χ0n) is 16.5. The second-order valence-corrected chi connectivity index (χ2v) is 8.07. The van der Waals surface area contributed by atoms with Crippen molar-refractivity contribution in [3.05, 3.63) is 53.6 Å². The van der Waals surface area contributed by atoms with Crippen molar-refractivity contribution in [2.24, 2.45) is 0 Å². The van der Waals surface area contributed by atoms with Gasteiger partial charge in [-0.1, -0.05) is 41.9 Å². The standard InChI is InChI=1S/C20H25ClN4O3S/c1-24(20(10-26,11-27)12-29-2)16-8-25(18-17(16)22-13-23-19(18)21)14-28-9-15-6-4-3-5-7-15/h3-8,13,26-27H,9-12,14H2,1-2H3. The molecule has 2 N–H and O–H groups in total. The maximum absolute atomic E-state index is 10.0. The zero-order chi connectivity index (χ0) is 20.9. The summed E-state index contributed by atoms with van der Waals surface area (Å²) in [5.41, 5.74) is 2.27. The van der Waals surface area contributed by atoms with Crippen molar-refractivity contribution in [3.8, 4) is 0 Å². The molecule has 0 saturated heterocycles. The van der Waals surface area contributed by atoms with Crippen LogP contribution in [0, 0.1) is 0 Å². The highest BCUT2D eigenvalue weighted by atomic mass is 35.5. The van der Waals surface area contributed by atoms with E-state index in [4.69, 9.17) is 16.3 Å². The molecule has 0 fully saturated rings. The summed E-state index contributed by atoms with van der Waals surface area (Å²) in [5.74, 6) is 0.548. The predicted molar refractivity (Wildman–Crippen MR) is 117 cm³/mol. The molecule has 0 aliphatic heterocycles. The smallest absolute Gasteiger partial charge is 0.156 e. The SMILES string of the molecule is CSCC(CO)(CO)N(C)c1cn(COCc2ccccc2)c2c(Cl)ncnc12. The topological polar surface area (TPSA) is 83.6 Å². The summed E-state index contributed by atoms with van der Waals surface area (Å²) in [7, 11) is 1.84. The van der Waals surface area contributed by atoms with Crippen LogP contribution in [-0.2, 0) is 18.1 Å². The molecule has 7 nitrogen and oxygen atoms in total. The van der Waals surface area contributed by atoms with Crippen LogP contribution in [0.25, 0.3) is 11.0 Å². The van der Waals surface area contributed by atoms with Gasteiger partial charge in [0.1, 0.15) is 24.1 Å². The van der Waals surface area contributed by atoms with Gasteiger partial charge in [0.05, 0.1) is 31.0 Å². The third-order valence-electron chi connectivity index (χ3n) is 5.00. The Bertz CT molecular complexity index is 934. The lowest BCUT2D eigenvalue weighted by Gasteiger charge is -2.39. The molecule has 0 aliphatic carbocycles. The Morgan fingerprint density at radius 3 is 2.59 bits per heavy atom. The molecule has 0 spiro atoms. The van der Waals surface area contributed by atoms with Gasteiger partial charge in [-0.15, -0.1) is 0 Å². The van der Waals surface area contributed by atoms with Crippen LogP contribution in [0.1, 0.15) is 5.56 Å². The van der Waals surface area contributed by atoms with E-state index >= 15 is 0 Å². The van der Waals surface area contributed by atoms with E-state index in [9.17, 15) is 10.2 Å². The Labute approximate surface area is 179 Å². The first kappa shape index (κ1) is 21.9.